The average molecular weight is 413 g/mol. The Kier molecular flexibility index (Phi) is 9.26. The van der Waals surface area contributed by atoms with Crippen molar-refractivity contribution in [2.24, 2.45) is 0 Å². The Morgan fingerprint density at radius 3 is 2.31 bits per heavy atom. The van der Waals surface area contributed by atoms with Crippen molar-refractivity contribution in [3.8, 4) is 0 Å². The summed E-state index contributed by atoms with van der Waals surface area (Å²) in [6, 6.07) is 17.8. The van der Waals surface area contributed by atoms with Gasteiger partial charge in [0.15, 0.2) is 0 Å². The standard InChI is InChI=1S/C24H32N2O2S/c1-5-19(3)25-24(28)20(4)26(16-15-21-9-7-6-8-10-21)23(27)17-29-22-13-11-18(2)12-14-22/h6-14,19-20H,5,15-17H2,1-4H3,(H,25,28)/t19-,20-/m1/s1. The Bertz CT molecular complexity index is 777. The molecule has 1 N–H and O–H groups in total. The summed E-state index contributed by atoms with van der Waals surface area (Å²) in [5.74, 6) is 0.207. The number of rotatable bonds is 10. The molecule has 29 heavy (non-hydrogen) atoms. The molecule has 5 heteroatoms. The maximum absolute atomic E-state index is 13.0. The van der Waals surface area contributed by atoms with Gasteiger partial charge in [0.1, 0.15) is 6.04 Å². The third kappa shape index (κ3) is 7.58. The Balaban J connectivity index is 2.05. The third-order valence-corrected chi connectivity index (χ3v) is 6.03. The molecule has 2 aromatic rings. The highest BCUT2D eigenvalue weighted by Gasteiger charge is 2.26. The number of hydrogen-bond donors (Lipinski definition) is 1. The molecule has 0 saturated carbocycles. The fourth-order valence-electron chi connectivity index (χ4n) is 2.90. The highest BCUT2D eigenvalue weighted by Crippen LogP contribution is 2.19. The largest absolute Gasteiger partial charge is 0.352 e. The first-order valence-electron chi connectivity index (χ1n) is 10.2. The second kappa shape index (κ2) is 11.7. The van der Waals surface area contributed by atoms with Crippen LogP contribution in [0.1, 0.15) is 38.3 Å². The minimum atomic E-state index is -0.501. The average Bonchev–Trinajstić information content (AvgIpc) is 2.73. The van der Waals surface area contributed by atoms with E-state index in [2.05, 4.69) is 5.32 Å². The van der Waals surface area contributed by atoms with Crippen LogP contribution in [-0.2, 0) is 16.0 Å². The van der Waals surface area contributed by atoms with Crippen LogP contribution in [0.15, 0.2) is 59.5 Å². The summed E-state index contributed by atoms with van der Waals surface area (Å²) in [6.07, 6.45) is 1.59. The summed E-state index contributed by atoms with van der Waals surface area (Å²) in [4.78, 5) is 28.5. The van der Waals surface area contributed by atoms with Gasteiger partial charge in [-0.05, 0) is 51.3 Å². The lowest BCUT2D eigenvalue weighted by Crippen LogP contribution is -2.51. The monoisotopic (exact) mass is 412 g/mol. The SMILES string of the molecule is CC[C@@H](C)NC(=O)[C@@H](C)N(CCc1ccccc1)C(=O)CSc1ccc(C)cc1. The van der Waals surface area contributed by atoms with E-state index in [9.17, 15) is 9.59 Å². The highest BCUT2D eigenvalue weighted by molar-refractivity contribution is 8.00. The summed E-state index contributed by atoms with van der Waals surface area (Å²) in [5, 5.41) is 3.00. The van der Waals surface area contributed by atoms with Gasteiger partial charge in [-0.1, -0.05) is 55.0 Å². The first-order valence-corrected chi connectivity index (χ1v) is 11.2. The second-order valence-electron chi connectivity index (χ2n) is 7.42. The molecule has 0 fully saturated rings. The van der Waals surface area contributed by atoms with Gasteiger partial charge in [0.2, 0.25) is 11.8 Å². The number of nitrogens with one attached hydrogen (secondary N) is 1. The van der Waals surface area contributed by atoms with Crippen LogP contribution in [0.4, 0.5) is 0 Å². The van der Waals surface area contributed by atoms with Crippen LogP contribution in [0.5, 0.6) is 0 Å². The summed E-state index contributed by atoms with van der Waals surface area (Å²) < 4.78 is 0. The molecule has 0 radical (unpaired) electrons. The van der Waals surface area contributed by atoms with E-state index in [0.717, 1.165) is 23.3 Å². The van der Waals surface area contributed by atoms with Crippen molar-refractivity contribution < 1.29 is 9.59 Å². The van der Waals surface area contributed by atoms with E-state index in [1.165, 1.54) is 17.3 Å². The van der Waals surface area contributed by atoms with Gasteiger partial charge in [0.25, 0.3) is 0 Å². The van der Waals surface area contributed by atoms with E-state index < -0.39 is 6.04 Å². The molecule has 0 heterocycles. The molecule has 0 aliphatic heterocycles. The van der Waals surface area contributed by atoms with E-state index in [1.807, 2.05) is 82.3 Å². The predicted molar refractivity (Wildman–Crippen MR) is 121 cm³/mol. The fourth-order valence-corrected chi connectivity index (χ4v) is 3.68. The predicted octanol–water partition coefficient (Wildman–Crippen LogP) is 4.46. The summed E-state index contributed by atoms with van der Waals surface area (Å²) in [5.41, 5.74) is 2.35. The summed E-state index contributed by atoms with van der Waals surface area (Å²) in [7, 11) is 0. The zero-order valence-corrected chi connectivity index (χ0v) is 18.7. The molecule has 0 spiro atoms. The normalized spacial score (nSPS) is 12.8. The van der Waals surface area contributed by atoms with Crippen LogP contribution < -0.4 is 5.32 Å². The van der Waals surface area contributed by atoms with Crippen molar-refractivity contribution in [3.63, 3.8) is 0 Å². The van der Waals surface area contributed by atoms with Crippen molar-refractivity contribution in [2.75, 3.05) is 12.3 Å². The molecule has 0 aliphatic carbocycles. The Hall–Kier alpha value is -2.27. The zero-order valence-electron chi connectivity index (χ0n) is 17.9. The van der Waals surface area contributed by atoms with Crippen LogP contribution >= 0.6 is 11.8 Å². The number of carbonyl (C=O) groups is 2. The number of thioether (sulfide) groups is 1. The topological polar surface area (TPSA) is 49.4 Å². The molecule has 2 aromatic carbocycles. The van der Waals surface area contributed by atoms with Crippen LogP contribution in [-0.4, -0.2) is 41.1 Å². The van der Waals surface area contributed by atoms with Crippen molar-refractivity contribution in [1.29, 1.82) is 0 Å². The van der Waals surface area contributed by atoms with Gasteiger partial charge in [0.05, 0.1) is 5.75 Å². The molecule has 4 nitrogen and oxygen atoms in total. The highest BCUT2D eigenvalue weighted by atomic mass is 32.2. The van der Waals surface area contributed by atoms with Crippen LogP contribution in [0.3, 0.4) is 0 Å². The van der Waals surface area contributed by atoms with Crippen molar-refractivity contribution in [3.05, 3.63) is 65.7 Å². The number of aryl methyl sites for hydroxylation is 1. The van der Waals surface area contributed by atoms with Gasteiger partial charge in [-0.3, -0.25) is 9.59 Å². The quantitative estimate of drug-likeness (QED) is 0.586. The molecule has 2 amide bonds. The molecule has 0 bridgehead atoms. The summed E-state index contributed by atoms with van der Waals surface area (Å²) in [6.45, 7) is 8.40. The minimum Gasteiger partial charge on any atom is -0.352 e. The van der Waals surface area contributed by atoms with E-state index >= 15 is 0 Å². The van der Waals surface area contributed by atoms with Crippen molar-refractivity contribution in [2.45, 2.75) is 57.5 Å². The number of nitrogens with zero attached hydrogens (tertiary/aromatic N) is 1. The zero-order chi connectivity index (χ0) is 21.2. The van der Waals surface area contributed by atoms with Gasteiger partial charge in [0, 0.05) is 17.5 Å². The fraction of sp³-hybridized carbons (Fsp3) is 0.417. The Morgan fingerprint density at radius 2 is 1.69 bits per heavy atom. The Morgan fingerprint density at radius 1 is 1.03 bits per heavy atom. The summed E-state index contributed by atoms with van der Waals surface area (Å²) >= 11 is 1.51. The molecule has 156 valence electrons. The number of benzene rings is 2. The molecule has 0 aromatic heterocycles. The smallest absolute Gasteiger partial charge is 0.242 e. The maximum atomic E-state index is 13.0. The van der Waals surface area contributed by atoms with E-state index in [-0.39, 0.29) is 17.9 Å². The number of amides is 2. The minimum absolute atomic E-state index is 0.0155. The second-order valence-corrected chi connectivity index (χ2v) is 8.47. The molecule has 0 unspecified atom stereocenters. The van der Waals surface area contributed by atoms with Gasteiger partial charge < -0.3 is 10.2 Å². The molecule has 0 saturated heterocycles. The van der Waals surface area contributed by atoms with Crippen LogP contribution in [0.2, 0.25) is 0 Å². The van der Waals surface area contributed by atoms with Crippen LogP contribution in [0.25, 0.3) is 0 Å². The lowest BCUT2D eigenvalue weighted by atomic mass is 10.1. The lowest BCUT2D eigenvalue weighted by molar-refractivity contribution is -0.138. The Labute approximate surface area is 179 Å². The molecule has 2 atom stereocenters. The van der Waals surface area contributed by atoms with Gasteiger partial charge in [-0.15, -0.1) is 11.8 Å². The number of carbonyl (C=O) groups excluding carboxylic acids is 2. The first-order chi connectivity index (χ1) is 13.9. The van der Waals surface area contributed by atoms with E-state index in [4.69, 9.17) is 0 Å². The molecular formula is C24H32N2O2S. The lowest BCUT2D eigenvalue weighted by Gasteiger charge is -2.29. The third-order valence-electron chi connectivity index (χ3n) is 5.04. The molecule has 0 aliphatic rings. The molecular weight excluding hydrogens is 380 g/mol. The van der Waals surface area contributed by atoms with Crippen molar-refractivity contribution >= 4 is 23.6 Å². The maximum Gasteiger partial charge on any atom is 0.242 e. The van der Waals surface area contributed by atoms with Crippen molar-refractivity contribution in [1.82, 2.24) is 10.2 Å². The van der Waals surface area contributed by atoms with E-state index in [0.29, 0.717) is 12.3 Å². The number of hydrogen-bond acceptors (Lipinski definition) is 3. The van der Waals surface area contributed by atoms with Gasteiger partial charge >= 0.3 is 0 Å². The van der Waals surface area contributed by atoms with Gasteiger partial charge in [-0.25, -0.2) is 0 Å². The first kappa shape index (κ1) is 23.0. The van der Waals surface area contributed by atoms with Crippen LogP contribution in [0, 0.1) is 6.92 Å². The van der Waals surface area contributed by atoms with Gasteiger partial charge in [-0.2, -0.15) is 0 Å². The molecule has 2 rings (SSSR count). The van der Waals surface area contributed by atoms with E-state index in [1.54, 1.807) is 4.90 Å².